The average molecular weight is 369 g/mol. The Labute approximate surface area is 155 Å². The summed E-state index contributed by atoms with van der Waals surface area (Å²) in [6, 6.07) is 10.5. The fourth-order valence-corrected chi connectivity index (χ4v) is 2.96. The van der Waals surface area contributed by atoms with Gasteiger partial charge in [-0.05, 0) is 43.7 Å². The second-order valence-corrected chi connectivity index (χ2v) is 6.47. The monoisotopic (exact) mass is 368 g/mol. The molecule has 2 heterocycles. The van der Waals surface area contributed by atoms with Gasteiger partial charge in [0.05, 0.1) is 10.6 Å². The molecule has 5 nitrogen and oxygen atoms in total. The predicted molar refractivity (Wildman–Crippen MR) is 100 cm³/mol. The summed E-state index contributed by atoms with van der Waals surface area (Å²) in [7, 11) is 0. The minimum Gasteiger partial charge on any atom is -0.455 e. The van der Waals surface area contributed by atoms with E-state index in [1.165, 1.54) is 6.92 Å². The molecule has 0 aliphatic heterocycles. The van der Waals surface area contributed by atoms with Crippen LogP contribution in [0.3, 0.4) is 0 Å². The number of Topliss-reactive ketones (excluding diaryl/α,β-unsaturated/α-hetero) is 1. The molecule has 1 amide bonds. The SMILES string of the molecule is CC(=O)Cc1cc(-c2cc(C(N)=O)c(-c3ccccc3Cl)o2)c(C)cn1. The first kappa shape index (κ1) is 17.9. The normalized spacial score (nSPS) is 10.7. The van der Waals surface area contributed by atoms with E-state index in [9.17, 15) is 9.59 Å². The molecule has 6 heteroatoms. The maximum Gasteiger partial charge on any atom is 0.252 e. The molecule has 0 bridgehead atoms. The van der Waals surface area contributed by atoms with Crippen LogP contribution in [0.15, 0.2) is 47.0 Å². The Balaban J connectivity index is 2.16. The highest BCUT2D eigenvalue weighted by Crippen LogP contribution is 2.37. The molecule has 0 fully saturated rings. The van der Waals surface area contributed by atoms with Gasteiger partial charge in [0.2, 0.25) is 0 Å². The minimum absolute atomic E-state index is 0.0151. The summed E-state index contributed by atoms with van der Waals surface area (Å²) in [4.78, 5) is 27.6. The molecule has 0 aliphatic rings. The van der Waals surface area contributed by atoms with Crippen molar-refractivity contribution in [3.05, 3.63) is 64.4 Å². The Bertz CT molecular complexity index is 1010. The molecule has 1 aromatic carbocycles. The molecule has 0 radical (unpaired) electrons. The number of hydrogen-bond acceptors (Lipinski definition) is 4. The molecule has 3 aromatic rings. The van der Waals surface area contributed by atoms with Crippen molar-refractivity contribution in [2.75, 3.05) is 0 Å². The summed E-state index contributed by atoms with van der Waals surface area (Å²) < 4.78 is 5.97. The number of pyridine rings is 1. The number of nitrogens with zero attached hydrogens (tertiary/aromatic N) is 1. The number of nitrogens with two attached hydrogens (primary N) is 1. The quantitative estimate of drug-likeness (QED) is 0.731. The van der Waals surface area contributed by atoms with E-state index >= 15 is 0 Å². The number of halogens is 1. The number of carbonyl (C=O) groups excluding carboxylic acids is 2. The van der Waals surface area contributed by atoms with Crippen molar-refractivity contribution in [2.45, 2.75) is 20.3 Å². The maximum absolute atomic E-state index is 11.9. The van der Waals surface area contributed by atoms with Gasteiger partial charge in [0.15, 0.2) is 0 Å². The van der Waals surface area contributed by atoms with Gasteiger partial charge in [0.25, 0.3) is 5.91 Å². The maximum atomic E-state index is 11.9. The number of primary amides is 1. The molecule has 2 aromatic heterocycles. The van der Waals surface area contributed by atoms with Crippen LogP contribution in [0.1, 0.15) is 28.5 Å². The van der Waals surface area contributed by atoms with Crippen LogP contribution < -0.4 is 5.73 Å². The Morgan fingerprint density at radius 1 is 1.19 bits per heavy atom. The Morgan fingerprint density at radius 3 is 2.58 bits per heavy atom. The van der Waals surface area contributed by atoms with Crippen LogP contribution in [0, 0.1) is 6.92 Å². The Hall–Kier alpha value is -2.92. The second kappa shape index (κ2) is 7.14. The van der Waals surface area contributed by atoms with E-state index in [4.69, 9.17) is 21.8 Å². The molecule has 0 atom stereocenters. The lowest BCUT2D eigenvalue weighted by molar-refractivity contribution is -0.116. The van der Waals surface area contributed by atoms with E-state index in [1.54, 1.807) is 42.6 Å². The van der Waals surface area contributed by atoms with Crippen LogP contribution in [0.25, 0.3) is 22.6 Å². The van der Waals surface area contributed by atoms with Crippen LogP contribution in [0.5, 0.6) is 0 Å². The summed E-state index contributed by atoms with van der Waals surface area (Å²) in [6.07, 6.45) is 1.91. The predicted octanol–water partition coefficient (Wildman–Crippen LogP) is 4.20. The number of ketones is 1. The summed E-state index contributed by atoms with van der Waals surface area (Å²) >= 11 is 6.24. The van der Waals surface area contributed by atoms with E-state index in [-0.39, 0.29) is 17.8 Å². The van der Waals surface area contributed by atoms with Gasteiger partial charge in [-0.25, -0.2) is 0 Å². The molecule has 0 unspecified atom stereocenters. The molecule has 26 heavy (non-hydrogen) atoms. The minimum atomic E-state index is -0.606. The van der Waals surface area contributed by atoms with Crippen molar-refractivity contribution in [3.8, 4) is 22.6 Å². The van der Waals surface area contributed by atoms with Crippen LogP contribution in [-0.4, -0.2) is 16.7 Å². The van der Waals surface area contributed by atoms with Gasteiger partial charge >= 0.3 is 0 Å². The average Bonchev–Trinajstić information content (AvgIpc) is 3.01. The zero-order chi connectivity index (χ0) is 18.8. The van der Waals surface area contributed by atoms with Crippen molar-refractivity contribution in [1.82, 2.24) is 4.98 Å². The van der Waals surface area contributed by atoms with Gasteiger partial charge in [-0.2, -0.15) is 0 Å². The number of hydrogen-bond donors (Lipinski definition) is 1. The Morgan fingerprint density at radius 2 is 1.92 bits per heavy atom. The highest BCUT2D eigenvalue weighted by Gasteiger charge is 2.21. The van der Waals surface area contributed by atoms with E-state index in [1.807, 2.05) is 6.92 Å². The molecule has 0 aliphatic carbocycles. The third-order valence-corrected chi connectivity index (χ3v) is 4.30. The lowest BCUT2D eigenvalue weighted by Gasteiger charge is -2.05. The van der Waals surface area contributed by atoms with Crippen molar-refractivity contribution < 1.29 is 14.0 Å². The van der Waals surface area contributed by atoms with Gasteiger partial charge in [-0.3, -0.25) is 14.6 Å². The third-order valence-electron chi connectivity index (χ3n) is 3.97. The molecule has 3 rings (SSSR count). The fraction of sp³-hybridized carbons (Fsp3) is 0.150. The zero-order valence-electron chi connectivity index (χ0n) is 14.4. The van der Waals surface area contributed by atoms with Gasteiger partial charge in [0, 0.05) is 29.4 Å². The van der Waals surface area contributed by atoms with Crippen LogP contribution >= 0.6 is 11.6 Å². The fourth-order valence-electron chi connectivity index (χ4n) is 2.74. The van der Waals surface area contributed by atoms with E-state index in [2.05, 4.69) is 4.98 Å². The molecule has 0 saturated heterocycles. The van der Waals surface area contributed by atoms with Crippen molar-refractivity contribution in [2.24, 2.45) is 5.73 Å². The van der Waals surface area contributed by atoms with Gasteiger partial charge in [-0.15, -0.1) is 0 Å². The molecule has 132 valence electrons. The van der Waals surface area contributed by atoms with Gasteiger partial charge in [0.1, 0.15) is 17.3 Å². The van der Waals surface area contributed by atoms with Crippen LogP contribution in [0.2, 0.25) is 5.02 Å². The lowest BCUT2D eigenvalue weighted by atomic mass is 10.0. The number of carbonyl (C=O) groups is 2. The van der Waals surface area contributed by atoms with Crippen LogP contribution in [-0.2, 0) is 11.2 Å². The van der Waals surface area contributed by atoms with E-state index in [0.717, 1.165) is 11.1 Å². The second-order valence-electron chi connectivity index (χ2n) is 6.07. The number of rotatable bonds is 5. The van der Waals surface area contributed by atoms with E-state index in [0.29, 0.717) is 27.8 Å². The van der Waals surface area contributed by atoms with Gasteiger partial charge in [-0.1, -0.05) is 23.7 Å². The largest absolute Gasteiger partial charge is 0.455 e. The zero-order valence-corrected chi connectivity index (χ0v) is 15.1. The van der Waals surface area contributed by atoms with Crippen LogP contribution in [0.4, 0.5) is 0 Å². The lowest BCUT2D eigenvalue weighted by Crippen LogP contribution is -2.10. The van der Waals surface area contributed by atoms with Gasteiger partial charge < -0.3 is 10.2 Å². The number of amides is 1. The molecule has 2 N–H and O–H groups in total. The molecular formula is C20H17ClN2O3. The molecular weight excluding hydrogens is 352 g/mol. The number of furan rings is 1. The first-order valence-corrected chi connectivity index (χ1v) is 8.38. The highest BCUT2D eigenvalue weighted by molar-refractivity contribution is 6.33. The number of aryl methyl sites for hydroxylation is 1. The first-order valence-electron chi connectivity index (χ1n) is 8.00. The standard InChI is InChI=1S/C20H17ClN2O3/c1-11-10-23-13(7-12(2)24)8-15(11)18-9-16(20(22)25)19(26-18)14-5-3-4-6-17(14)21/h3-6,8-10H,7H2,1-2H3,(H2,22,25). The Kier molecular flexibility index (Phi) is 4.91. The first-order chi connectivity index (χ1) is 12.4. The summed E-state index contributed by atoms with van der Waals surface area (Å²) in [5.41, 5.74) is 8.60. The van der Waals surface area contributed by atoms with Crippen molar-refractivity contribution in [1.29, 1.82) is 0 Å². The number of benzene rings is 1. The van der Waals surface area contributed by atoms with E-state index < -0.39 is 5.91 Å². The summed E-state index contributed by atoms with van der Waals surface area (Å²) in [5.74, 6) is 0.202. The smallest absolute Gasteiger partial charge is 0.252 e. The highest BCUT2D eigenvalue weighted by atomic mass is 35.5. The summed E-state index contributed by atoms with van der Waals surface area (Å²) in [5, 5.41) is 0.458. The van der Waals surface area contributed by atoms with Crippen molar-refractivity contribution in [3.63, 3.8) is 0 Å². The van der Waals surface area contributed by atoms with Crippen molar-refractivity contribution >= 4 is 23.3 Å². The topological polar surface area (TPSA) is 86.2 Å². The molecule has 0 saturated carbocycles. The molecule has 0 spiro atoms. The number of aromatic nitrogens is 1. The summed E-state index contributed by atoms with van der Waals surface area (Å²) in [6.45, 7) is 3.39. The third kappa shape index (κ3) is 3.53.